The minimum Gasteiger partial charge on any atom is -0.497 e. The number of methoxy groups -OCH3 is 1. The fourth-order valence-electron chi connectivity index (χ4n) is 4.57. The van der Waals surface area contributed by atoms with Gasteiger partial charge in [-0.2, -0.15) is 13.2 Å². The molecule has 2 fully saturated rings. The van der Waals surface area contributed by atoms with Crippen molar-refractivity contribution in [2.75, 3.05) is 25.1 Å². The van der Waals surface area contributed by atoms with Gasteiger partial charge in [0.2, 0.25) is 5.91 Å². The first-order valence-corrected chi connectivity index (χ1v) is 12.0. The molecule has 2 aromatic rings. The second-order valence-electron chi connectivity index (χ2n) is 9.18. The molecule has 1 aliphatic heterocycles. The topological polar surface area (TPSA) is 45.7 Å². The molecule has 0 N–H and O–H groups in total. The summed E-state index contributed by atoms with van der Waals surface area (Å²) in [5, 5.41) is -0.0249. The summed E-state index contributed by atoms with van der Waals surface area (Å²) >= 11 is 6.13. The number of halogens is 4. The monoisotopic (exact) mass is 495 g/mol. The number of nitrogens with zero attached hydrogens (tertiary/aromatic N) is 3. The number of ether oxygens (including phenoxy) is 1. The van der Waals surface area contributed by atoms with Crippen LogP contribution in [0.5, 0.6) is 5.75 Å². The quantitative estimate of drug-likeness (QED) is 0.486. The molecule has 2 aliphatic rings. The molecule has 9 heteroatoms. The number of benzene rings is 1. The van der Waals surface area contributed by atoms with E-state index in [2.05, 4.69) is 11.9 Å². The molecular formula is C25H29ClF3N3O2. The molecule has 4 rings (SSSR count). The molecule has 1 amide bonds. The Bertz CT molecular complexity index is 1000. The van der Waals surface area contributed by atoms with Crippen molar-refractivity contribution in [2.24, 2.45) is 11.8 Å². The van der Waals surface area contributed by atoms with Gasteiger partial charge in [0.05, 0.1) is 17.7 Å². The van der Waals surface area contributed by atoms with Gasteiger partial charge >= 0.3 is 6.18 Å². The molecule has 0 spiro atoms. The number of pyridine rings is 1. The van der Waals surface area contributed by atoms with Crippen LogP contribution in [-0.4, -0.2) is 42.0 Å². The fraction of sp³-hybridized carbons (Fsp3) is 0.520. The van der Waals surface area contributed by atoms with Crippen molar-refractivity contribution in [3.63, 3.8) is 0 Å². The molecule has 34 heavy (non-hydrogen) atoms. The zero-order chi connectivity index (χ0) is 24.5. The van der Waals surface area contributed by atoms with E-state index in [-0.39, 0.29) is 22.9 Å². The van der Waals surface area contributed by atoms with Gasteiger partial charge in [0.25, 0.3) is 0 Å². The predicted octanol–water partition coefficient (Wildman–Crippen LogP) is 5.81. The van der Waals surface area contributed by atoms with Crippen molar-refractivity contribution in [2.45, 2.75) is 51.4 Å². The second kappa shape index (κ2) is 10.0. The normalized spacial score (nSPS) is 18.0. The number of piperidine rings is 1. The number of carbonyl (C=O) groups is 1. The molecule has 0 radical (unpaired) electrons. The van der Waals surface area contributed by atoms with Crippen molar-refractivity contribution in [3.05, 3.63) is 52.7 Å². The maximum absolute atomic E-state index is 13.6. The SMILES string of the molecule is COc1ccc(CN(C(=O)C2CCN(c3ncc(C(F)(F)F)cc3Cl)CC2)C(C)C2CC2)cc1. The number of amides is 1. The van der Waals surface area contributed by atoms with Gasteiger partial charge in [0.15, 0.2) is 0 Å². The summed E-state index contributed by atoms with van der Waals surface area (Å²) in [4.78, 5) is 21.4. The van der Waals surface area contributed by atoms with E-state index >= 15 is 0 Å². The van der Waals surface area contributed by atoms with Crippen molar-refractivity contribution < 1.29 is 22.7 Å². The van der Waals surface area contributed by atoms with E-state index in [9.17, 15) is 18.0 Å². The number of carbonyl (C=O) groups excluding carboxylic acids is 1. The van der Waals surface area contributed by atoms with Gasteiger partial charge in [-0.1, -0.05) is 23.7 Å². The van der Waals surface area contributed by atoms with E-state index in [1.807, 2.05) is 34.1 Å². The van der Waals surface area contributed by atoms with Gasteiger partial charge in [0.1, 0.15) is 11.6 Å². The van der Waals surface area contributed by atoms with Crippen LogP contribution in [0.2, 0.25) is 5.02 Å². The van der Waals surface area contributed by atoms with Gasteiger partial charge in [-0.25, -0.2) is 4.98 Å². The third-order valence-corrected chi connectivity index (χ3v) is 7.16. The molecule has 0 bridgehead atoms. The summed E-state index contributed by atoms with van der Waals surface area (Å²) in [6, 6.07) is 8.85. The lowest BCUT2D eigenvalue weighted by Crippen LogP contribution is -2.46. The van der Waals surface area contributed by atoms with Crippen LogP contribution in [0.25, 0.3) is 0 Å². The third kappa shape index (κ3) is 5.59. The van der Waals surface area contributed by atoms with Crippen LogP contribution in [0.15, 0.2) is 36.5 Å². The van der Waals surface area contributed by atoms with E-state index in [1.54, 1.807) is 7.11 Å². The zero-order valence-electron chi connectivity index (χ0n) is 19.3. The number of alkyl halides is 3. The van der Waals surface area contributed by atoms with Crippen LogP contribution in [0.4, 0.5) is 19.0 Å². The zero-order valence-corrected chi connectivity index (χ0v) is 20.1. The van der Waals surface area contributed by atoms with E-state index in [4.69, 9.17) is 16.3 Å². The van der Waals surface area contributed by atoms with Gasteiger partial charge in [-0.3, -0.25) is 4.79 Å². The first-order valence-electron chi connectivity index (χ1n) is 11.6. The molecule has 1 saturated heterocycles. The van der Waals surface area contributed by atoms with Gasteiger partial charge in [0, 0.05) is 37.8 Å². The van der Waals surface area contributed by atoms with Gasteiger partial charge < -0.3 is 14.5 Å². The van der Waals surface area contributed by atoms with E-state index in [1.165, 1.54) is 0 Å². The Labute approximate surface area is 202 Å². The molecule has 1 aromatic heterocycles. The first kappa shape index (κ1) is 24.6. The molecule has 1 saturated carbocycles. The lowest BCUT2D eigenvalue weighted by atomic mass is 9.94. The van der Waals surface area contributed by atoms with Gasteiger partial charge in [-0.15, -0.1) is 0 Å². The number of hydrogen-bond donors (Lipinski definition) is 0. The Kier molecular flexibility index (Phi) is 7.26. The number of rotatable bonds is 7. The van der Waals surface area contributed by atoms with Crippen LogP contribution in [-0.2, 0) is 17.5 Å². The highest BCUT2D eigenvalue weighted by atomic mass is 35.5. The van der Waals surface area contributed by atoms with Crippen molar-refractivity contribution >= 4 is 23.3 Å². The van der Waals surface area contributed by atoms with Crippen molar-refractivity contribution in [3.8, 4) is 5.75 Å². The highest BCUT2D eigenvalue weighted by Crippen LogP contribution is 2.38. The lowest BCUT2D eigenvalue weighted by Gasteiger charge is -2.37. The molecule has 1 atom stereocenters. The van der Waals surface area contributed by atoms with Crippen LogP contribution >= 0.6 is 11.6 Å². The lowest BCUT2D eigenvalue weighted by molar-refractivity contribution is -0.139. The van der Waals surface area contributed by atoms with Crippen molar-refractivity contribution in [1.29, 1.82) is 0 Å². The maximum Gasteiger partial charge on any atom is 0.417 e. The van der Waals surface area contributed by atoms with Gasteiger partial charge in [-0.05, 0) is 62.3 Å². The Morgan fingerprint density at radius 3 is 2.38 bits per heavy atom. The molecule has 1 aromatic carbocycles. The average Bonchev–Trinajstić information content (AvgIpc) is 3.67. The molecule has 184 valence electrons. The number of anilines is 1. The Morgan fingerprint density at radius 2 is 1.85 bits per heavy atom. The molecule has 5 nitrogen and oxygen atoms in total. The standard InChI is InChI=1S/C25H29ClF3N3O2/c1-16(18-5-6-18)32(15-17-3-7-21(34-2)8-4-17)24(33)19-9-11-31(12-10-19)23-22(26)13-20(14-30-23)25(27,28)29/h3-4,7-8,13-14,16,18-19H,5-6,9-12,15H2,1-2H3. The Morgan fingerprint density at radius 1 is 1.21 bits per heavy atom. The first-order chi connectivity index (χ1) is 16.2. The third-order valence-electron chi connectivity index (χ3n) is 6.88. The fourth-order valence-corrected chi connectivity index (χ4v) is 4.86. The second-order valence-corrected chi connectivity index (χ2v) is 9.59. The summed E-state index contributed by atoms with van der Waals surface area (Å²) in [6.45, 7) is 3.71. The highest BCUT2D eigenvalue weighted by molar-refractivity contribution is 6.33. The minimum absolute atomic E-state index is 0.0249. The smallest absolute Gasteiger partial charge is 0.417 e. The van der Waals surface area contributed by atoms with E-state index in [0.717, 1.165) is 36.4 Å². The minimum atomic E-state index is -4.49. The number of hydrogen-bond acceptors (Lipinski definition) is 4. The molecular weight excluding hydrogens is 467 g/mol. The summed E-state index contributed by atoms with van der Waals surface area (Å²) in [7, 11) is 1.62. The van der Waals surface area contributed by atoms with Crippen LogP contribution in [0.3, 0.4) is 0 Å². The Balaban J connectivity index is 1.42. The van der Waals surface area contributed by atoms with Crippen molar-refractivity contribution in [1.82, 2.24) is 9.88 Å². The highest BCUT2D eigenvalue weighted by Gasteiger charge is 2.38. The summed E-state index contributed by atoms with van der Waals surface area (Å²) in [5.41, 5.74) is 0.189. The molecule has 1 aliphatic carbocycles. The summed E-state index contributed by atoms with van der Waals surface area (Å²) in [5.74, 6) is 1.66. The average molecular weight is 496 g/mol. The largest absolute Gasteiger partial charge is 0.497 e. The predicted molar refractivity (Wildman–Crippen MR) is 125 cm³/mol. The summed E-state index contributed by atoms with van der Waals surface area (Å²) in [6.07, 6.45) is -0.177. The van der Waals surface area contributed by atoms with Crippen LogP contribution < -0.4 is 9.64 Å². The number of aromatic nitrogens is 1. The molecule has 2 heterocycles. The van der Waals surface area contributed by atoms with Crippen LogP contribution in [0, 0.1) is 11.8 Å². The Hall–Kier alpha value is -2.48. The van der Waals surface area contributed by atoms with Crippen LogP contribution in [0.1, 0.15) is 43.7 Å². The van der Waals surface area contributed by atoms with E-state index in [0.29, 0.717) is 44.2 Å². The molecule has 1 unspecified atom stereocenters. The maximum atomic E-state index is 13.6. The van der Waals surface area contributed by atoms with E-state index < -0.39 is 11.7 Å². The summed E-state index contributed by atoms with van der Waals surface area (Å²) < 4.78 is 44.0.